The van der Waals surface area contributed by atoms with E-state index in [9.17, 15) is 4.79 Å². The van der Waals surface area contributed by atoms with Crippen LogP contribution >= 0.6 is 12.2 Å². The molecule has 1 fully saturated rings. The minimum absolute atomic E-state index is 0.0713. The Kier molecular flexibility index (Phi) is 7.24. The van der Waals surface area contributed by atoms with Gasteiger partial charge in [-0.05, 0) is 84.5 Å². The van der Waals surface area contributed by atoms with Gasteiger partial charge in [0.15, 0.2) is 11.7 Å². The average molecular weight is 546 g/mol. The zero-order valence-corrected chi connectivity index (χ0v) is 22.4. The number of hydrogen-bond acceptors (Lipinski definition) is 4. The highest BCUT2D eigenvalue weighted by Crippen LogP contribution is 2.42. The molecule has 0 unspecified atom stereocenters. The lowest BCUT2D eigenvalue weighted by Crippen LogP contribution is -2.29. The Morgan fingerprint density at radius 1 is 0.875 bits per heavy atom. The number of amides is 1. The zero-order chi connectivity index (χ0) is 27.3. The number of nitrogens with one attached hydrogen (secondary N) is 2. The molecule has 1 amide bonds. The van der Waals surface area contributed by atoms with Crippen molar-refractivity contribution in [3.05, 3.63) is 139 Å². The Hall–Kier alpha value is -4.95. The molecule has 8 heteroatoms. The van der Waals surface area contributed by atoms with Gasteiger partial charge in [-0.3, -0.25) is 9.78 Å². The van der Waals surface area contributed by atoms with Gasteiger partial charge < -0.3 is 24.8 Å². The van der Waals surface area contributed by atoms with E-state index in [0.29, 0.717) is 16.5 Å². The summed E-state index contributed by atoms with van der Waals surface area (Å²) in [5, 5.41) is 7.00. The number of rotatable bonds is 8. The van der Waals surface area contributed by atoms with Crippen LogP contribution in [0.2, 0.25) is 0 Å². The molecule has 1 saturated heterocycles. The Labute approximate surface area is 238 Å². The summed E-state index contributed by atoms with van der Waals surface area (Å²) in [6.07, 6.45) is 6.00. The van der Waals surface area contributed by atoms with Gasteiger partial charge in [0.05, 0.1) is 17.8 Å². The molecule has 40 heavy (non-hydrogen) atoms. The molecule has 0 bridgehead atoms. The van der Waals surface area contributed by atoms with E-state index in [1.807, 2.05) is 91.0 Å². The predicted molar refractivity (Wildman–Crippen MR) is 161 cm³/mol. The van der Waals surface area contributed by atoms with Crippen molar-refractivity contribution in [3.8, 4) is 11.4 Å². The fourth-order valence-electron chi connectivity index (χ4n) is 4.89. The topological polar surface area (TPSA) is 71.4 Å². The molecule has 3 aromatic carbocycles. The molecule has 1 aliphatic rings. The first kappa shape index (κ1) is 25.3. The summed E-state index contributed by atoms with van der Waals surface area (Å²) in [7, 11) is 0. The Balaban J connectivity index is 1.24. The van der Waals surface area contributed by atoms with Crippen LogP contribution in [0.5, 0.6) is 5.75 Å². The maximum atomic E-state index is 12.4. The molecule has 0 aliphatic carbocycles. The molecule has 2 N–H and O–H groups in total. The lowest BCUT2D eigenvalue weighted by Gasteiger charge is -2.27. The summed E-state index contributed by atoms with van der Waals surface area (Å²) < 4.78 is 7.67. The van der Waals surface area contributed by atoms with Crippen molar-refractivity contribution in [2.45, 2.75) is 12.1 Å². The van der Waals surface area contributed by atoms with Gasteiger partial charge in [0.25, 0.3) is 5.91 Å². The van der Waals surface area contributed by atoms with E-state index in [-0.39, 0.29) is 24.6 Å². The van der Waals surface area contributed by atoms with Crippen LogP contribution in [-0.2, 0) is 4.79 Å². The molecule has 1 aliphatic heterocycles. The molecule has 6 rings (SSSR count). The van der Waals surface area contributed by atoms with E-state index in [2.05, 4.69) is 55.7 Å². The highest BCUT2D eigenvalue weighted by Gasteiger charge is 2.41. The van der Waals surface area contributed by atoms with Gasteiger partial charge in [-0.1, -0.05) is 42.5 Å². The zero-order valence-electron chi connectivity index (χ0n) is 21.6. The minimum atomic E-state index is -0.231. The molecule has 2 aromatic heterocycles. The largest absolute Gasteiger partial charge is 0.484 e. The third-order valence-corrected chi connectivity index (χ3v) is 7.07. The summed E-state index contributed by atoms with van der Waals surface area (Å²) in [5.41, 5.74) is 4.68. The van der Waals surface area contributed by atoms with Crippen LogP contribution < -0.4 is 20.3 Å². The fourth-order valence-corrected chi connectivity index (χ4v) is 5.23. The molecule has 5 aromatic rings. The summed E-state index contributed by atoms with van der Waals surface area (Å²) in [6.45, 7) is -0.0713. The summed E-state index contributed by atoms with van der Waals surface area (Å²) in [6, 6.07) is 34.9. The summed E-state index contributed by atoms with van der Waals surface area (Å²) in [5.74, 6) is 0.419. The quantitative estimate of drug-likeness (QED) is 0.231. The van der Waals surface area contributed by atoms with Crippen LogP contribution in [0.1, 0.15) is 23.3 Å². The maximum Gasteiger partial charge on any atom is 0.262 e. The van der Waals surface area contributed by atoms with Crippen molar-refractivity contribution in [2.24, 2.45) is 0 Å². The van der Waals surface area contributed by atoms with Gasteiger partial charge in [-0.2, -0.15) is 0 Å². The first-order valence-corrected chi connectivity index (χ1v) is 13.4. The van der Waals surface area contributed by atoms with Gasteiger partial charge >= 0.3 is 0 Å². The Morgan fingerprint density at radius 3 is 2.33 bits per heavy atom. The molecule has 3 heterocycles. The Bertz CT molecular complexity index is 1590. The molecular weight excluding hydrogens is 518 g/mol. The molecule has 7 nitrogen and oxygen atoms in total. The van der Waals surface area contributed by atoms with Crippen LogP contribution in [-0.4, -0.2) is 27.2 Å². The minimum Gasteiger partial charge on any atom is -0.484 e. The molecule has 0 spiro atoms. The number of anilines is 2. The monoisotopic (exact) mass is 545 g/mol. The number of para-hydroxylation sites is 2. The summed E-state index contributed by atoms with van der Waals surface area (Å²) >= 11 is 5.85. The number of pyridine rings is 1. The lowest BCUT2D eigenvalue weighted by atomic mass is 9.98. The van der Waals surface area contributed by atoms with Crippen LogP contribution in [0.3, 0.4) is 0 Å². The highest BCUT2D eigenvalue weighted by molar-refractivity contribution is 7.80. The van der Waals surface area contributed by atoms with E-state index in [0.717, 1.165) is 22.6 Å². The van der Waals surface area contributed by atoms with Gasteiger partial charge in [0.1, 0.15) is 5.75 Å². The van der Waals surface area contributed by atoms with Crippen molar-refractivity contribution in [1.29, 1.82) is 0 Å². The van der Waals surface area contributed by atoms with E-state index >= 15 is 0 Å². The summed E-state index contributed by atoms with van der Waals surface area (Å²) in [4.78, 5) is 19.2. The second kappa shape index (κ2) is 11.4. The van der Waals surface area contributed by atoms with Crippen molar-refractivity contribution in [1.82, 2.24) is 14.9 Å². The number of thiocarbonyl (C=S) groups is 1. The molecule has 198 valence electrons. The van der Waals surface area contributed by atoms with Crippen molar-refractivity contribution < 1.29 is 9.53 Å². The van der Waals surface area contributed by atoms with Crippen molar-refractivity contribution in [2.75, 3.05) is 16.8 Å². The maximum absolute atomic E-state index is 12.4. The van der Waals surface area contributed by atoms with Crippen LogP contribution in [0, 0.1) is 0 Å². The van der Waals surface area contributed by atoms with Crippen molar-refractivity contribution in [3.63, 3.8) is 0 Å². The number of ether oxygens (including phenoxy) is 1. The van der Waals surface area contributed by atoms with Crippen LogP contribution in [0.25, 0.3) is 5.69 Å². The van der Waals surface area contributed by atoms with Crippen LogP contribution in [0.4, 0.5) is 11.4 Å². The van der Waals surface area contributed by atoms with E-state index < -0.39 is 0 Å². The van der Waals surface area contributed by atoms with E-state index in [1.54, 1.807) is 6.20 Å². The molecule has 0 saturated carbocycles. The number of nitrogens with zero attached hydrogens (tertiary/aromatic N) is 3. The second-order valence-corrected chi connectivity index (χ2v) is 9.77. The van der Waals surface area contributed by atoms with Crippen molar-refractivity contribution >= 4 is 34.6 Å². The molecule has 2 atom stereocenters. The van der Waals surface area contributed by atoms with Gasteiger partial charge in [-0.25, -0.2) is 0 Å². The standard InChI is InChI=1S/C32H27N5O2S/c38-29(22-39-27-11-5-2-6-12-27)34-24-14-16-26(17-15-24)37-31(30(35-32(37)40)28-13-7-8-19-33-28)23-18-20-36(21-23)25-9-3-1-4-10-25/h1-21,30-31H,22H2,(H,34,38)(H,35,40)/t30-,31-/m1/s1. The molecule has 0 radical (unpaired) electrons. The SMILES string of the molecule is O=C(COc1ccccc1)Nc1ccc(N2C(=S)N[C@H](c3ccccn3)[C@H]2c2ccn(-c3ccccc3)c2)cc1. The first-order chi connectivity index (χ1) is 19.7. The third-order valence-electron chi connectivity index (χ3n) is 6.75. The highest BCUT2D eigenvalue weighted by atomic mass is 32.1. The first-order valence-electron chi connectivity index (χ1n) is 13.0. The number of carbonyl (C=O) groups excluding carboxylic acids is 1. The number of hydrogen-bond donors (Lipinski definition) is 2. The number of benzene rings is 3. The van der Waals surface area contributed by atoms with Gasteiger partial charge in [-0.15, -0.1) is 0 Å². The number of carbonyl (C=O) groups is 1. The van der Waals surface area contributed by atoms with E-state index in [4.69, 9.17) is 17.0 Å². The normalized spacial score (nSPS) is 16.4. The lowest BCUT2D eigenvalue weighted by molar-refractivity contribution is -0.118. The number of aromatic nitrogens is 2. The Morgan fingerprint density at radius 2 is 1.60 bits per heavy atom. The van der Waals surface area contributed by atoms with Crippen LogP contribution in [0.15, 0.2) is 128 Å². The smallest absolute Gasteiger partial charge is 0.262 e. The van der Waals surface area contributed by atoms with Gasteiger partial charge in [0.2, 0.25) is 0 Å². The predicted octanol–water partition coefficient (Wildman–Crippen LogP) is 6.07. The molecular formula is C32H27N5O2S. The van der Waals surface area contributed by atoms with Gasteiger partial charge in [0, 0.05) is 35.7 Å². The fraction of sp³-hybridized carbons (Fsp3) is 0.0938. The average Bonchev–Trinajstić information content (AvgIpc) is 3.63. The third kappa shape index (κ3) is 5.43. The second-order valence-electron chi connectivity index (χ2n) is 9.38. The van der Waals surface area contributed by atoms with E-state index in [1.165, 1.54) is 0 Å².